The average molecular weight is 658 g/mol. The van der Waals surface area contributed by atoms with Gasteiger partial charge in [-0.3, -0.25) is 28.9 Å². The van der Waals surface area contributed by atoms with Crippen molar-refractivity contribution in [3.8, 4) is 23.7 Å². The maximum atomic E-state index is 13.1. The number of aryl methyl sites for hydroxylation is 2. The van der Waals surface area contributed by atoms with Gasteiger partial charge in [0.25, 0.3) is 11.8 Å². The third-order valence-corrected chi connectivity index (χ3v) is 7.82. The van der Waals surface area contributed by atoms with Gasteiger partial charge in [-0.15, -0.1) is 0 Å². The molecular weight excluding hydrogens is 618 g/mol. The van der Waals surface area contributed by atoms with E-state index >= 15 is 0 Å². The summed E-state index contributed by atoms with van der Waals surface area (Å²) in [6, 6.07) is 1.85. The number of nitrogens with one attached hydrogen (secondary N) is 3. The van der Waals surface area contributed by atoms with Gasteiger partial charge in [0.15, 0.2) is 6.10 Å². The molecule has 14 heteroatoms. The third kappa shape index (κ3) is 8.53. The van der Waals surface area contributed by atoms with E-state index in [9.17, 15) is 28.8 Å². The Morgan fingerprint density at radius 3 is 2.31 bits per heavy atom. The molecule has 6 amide bonds. The fourth-order valence-corrected chi connectivity index (χ4v) is 5.49. The first-order valence-electron chi connectivity index (χ1n) is 15.5. The highest BCUT2D eigenvalue weighted by atomic mass is 16.5. The quantitative estimate of drug-likeness (QED) is 0.144. The predicted molar refractivity (Wildman–Crippen MR) is 176 cm³/mol. The van der Waals surface area contributed by atoms with Crippen LogP contribution in [0.15, 0.2) is 36.7 Å². The highest BCUT2D eigenvalue weighted by Gasteiger charge is 2.54. The van der Waals surface area contributed by atoms with Crippen LogP contribution in [0.5, 0.6) is 0 Å². The molecule has 0 spiro atoms. The second kappa shape index (κ2) is 15.7. The third-order valence-electron chi connectivity index (χ3n) is 7.82. The SMILES string of the molecule is CC(=O)Nc1cc(C(=O)Nc2cc(C(=O)N(C)CCCCCNC(=O)N3C(=O)[C@@H]4CC#C/C=C\C#C[C@@H](OC(C)=O)[C@H]43)n(C)c2)n(C)c1. The van der Waals surface area contributed by atoms with Gasteiger partial charge in [0.05, 0.1) is 17.3 Å². The van der Waals surface area contributed by atoms with Gasteiger partial charge in [-0.1, -0.05) is 23.7 Å². The minimum absolute atomic E-state index is 0.220. The van der Waals surface area contributed by atoms with Crippen LogP contribution in [0.1, 0.15) is 60.5 Å². The Bertz CT molecular complexity index is 1760. The van der Waals surface area contributed by atoms with Crippen LogP contribution >= 0.6 is 0 Å². The molecule has 2 aromatic heterocycles. The number of carbonyl (C=O) groups is 6. The van der Waals surface area contributed by atoms with Crippen LogP contribution < -0.4 is 16.0 Å². The lowest BCUT2D eigenvalue weighted by Crippen LogP contribution is -2.69. The topological polar surface area (TPSA) is 164 Å². The number of esters is 1. The number of aromatic nitrogens is 2. The number of unbranched alkanes of at least 4 members (excludes halogenated alkanes) is 2. The molecule has 0 saturated carbocycles. The zero-order valence-electron chi connectivity index (χ0n) is 27.6. The van der Waals surface area contributed by atoms with Crippen molar-refractivity contribution in [2.24, 2.45) is 20.0 Å². The van der Waals surface area contributed by atoms with Crippen molar-refractivity contribution in [2.75, 3.05) is 30.8 Å². The lowest BCUT2D eigenvalue weighted by atomic mass is 9.81. The molecule has 3 atom stereocenters. The molecule has 2 aliphatic rings. The van der Waals surface area contributed by atoms with Gasteiger partial charge >= 0.3 is 12.0 Å². The van der Waals surface area contributed by atoms with E-state index in [2.05, 4.69) is 39.6 Å². The minimum atomic E-state index is -0.960. The largest absolute Gasteiger partial charge is 0.447 e. The minimum Gasteiger partial charge on any atom is -0.447 e. The van der Waals surface area contributed by atoms with E-state index in [1.54, 1.807) is 65.8 Å². The molecule has 252 valence electrons. The number of amides is 6. The van der Waals surface area contributed by atoms with E-state index in [1.165, 1.54) is 19.9 Å². The Morgan fingerprint density at radius 1 is 0.938 bits per heavy atom. The monoisotopic (exact) mass is 657 g/mol. The Kier molecular flexibility index (Phi) is 11.5. The van der Waals surface area contributed by atoms with E-state index in [0.717, 1.165) is 4.90 Å². The number of ether oxygens (including phenoxy) is 1. The Labute approximate surface area is 278 Å². The first kappa shape index (κ1) is 35.1. The van der Waals surface area contributed by atoms with Gasteiger partial charge in [-0.2, -0.15) is 0 Å². The molecule has 0 unspecified atom stereocenters. The molecule has 1 fully saturated rings. The number of hydrogen-bond donors (Lipinski definition) is 3. The van der Waals surface area contributed by atoms with E-state index in [4.69, 9.17) is 4.74 Å². The Balaban J connectivity index is 1.23. The highest BCUT2D eigenvalue weighted by Crippen LogP contribution is 2.33. The van der Waals surface area contributed by atoms with Crippen LogP contribution in [-0.2, 0) is 33.2 Å². The summed E-state index contributed by atoms with van der Waals surface area (Å²) in [5.41, 5.74) is 1.68. The molecular formula is C34H39N7O7. The number of β-lactam (4-membered cyclic amide) rings is 1. The molecule has 1 saturated heterocycles. The van der Waals surface area contributed by atoms with E-state index in [-0.39, 0.29) is 18.2 Å². The summed E-state index contributed by atoms with van der Waals surface area (Å²) < 4.78 is 8.58. The second-order valence-corrected chi connectivity index (χ2v) is 11.6. The molecule has 0 bridgehead atoms. The molecule has 2 aromatic rings. The van der Waals surface area contributed by atoms with Crippen LogP contribution in [0, 0.1) is 29.6 Å². The van der Waals surface area contributed by atoms with Gasteiger partial charge in [-0.05, 0) is 43.5 Å². The summed E-state index contributed by atoms with van der Waals surface area (Å²) in [6.45, 7) is 3.40. The Morgan fingerprint density at radius 2 is 1.60 bits per heavy atom. The fraction of sp³-hybridized carbons (Fsp3) is 0.412. The van der Waals surface area contributed by atoms with Crippen molar-refractivity contribution in [1.29, 1.82) is 0 Å². The zero-order valence-corrected chi connectivity index (χ0v) is 27.6. The number of allylic oxidation sites excluding steroid dienone is 2. The lowest BCUT2D eigenvalue weighted by molar-refractivity contribution is -0.164. The van der Waals surface area contributed by atoms with Gasteiger partial charge in [0.1, 0.15) is 17.4 Å². The Hall–Kier alpha value is -5.76. The van der Waals surface area contributed by atoms with Crippen molar-refractivity contribution in [3.05, 3.63) is 48.1 Å². The van der Waals surface area contributed by atoms with Crippen molar-refractivity contribution < 1.29 is 33.5 Å². The number of imide groups is 1. The molecule has 3 N–H and O–H groups in total. The van der Waals surface area contributed by atoms with E-state index in [0.29, 0.717) is 55.1 Å². The summed E-state index contributed by atoms with van der Waals surface area (Å²) in [5.74, 6) is 8.83. The predicted octanol–water partition coefficient (Wildman–Crippen LogP) is 2.25. The van der Waals surface area contributed by atoms with Crippen LogP contribution in [0.2, 0.25) is 0 Å². The van der Waals surface area contributed by atoms with Crippen molar-refractivity contribution >= 4 is 47.0 Å². The van der Waals surface area contributed by atoms with Crippen LogP contribution in [-0.4, -0.2) is 86.8 Å². The van der Waals surface area contributed by atoms with Crippen molar-refractivity contribution in [1.82, 2.24) is 24.3 Å². The van der Waals surface area contributed by atoms with Gasteiger partial charge in [0.2, 0.25) is 11.8 Å². The number of urea groups is 1. The van der Waals surface area contributed by atoms with Crippen molar-refractivity contribution in [2.45, 2.75) is 51.7 Å². The summed E-state index contributed by atoms with van der Waals surface area (Å²) in [7, 11) is 5.10. The number of nitrogens with zero attached hydrogens (tertiary/aromatic N) is 4. The molecule has 1 aliphatic carbocycles. The molecule has 48 heavy (non-hydrogen) atoms. The molecule has 3 heterocycles. The first-order chi connectivity index (χ1) is 22.9. The van der Waals surface area contributed by atoms with Crippen LogP contribution in [0.3, 0.4) is 0 Å². The smallest absolute Gasteiger partial charge is 0.324 e. The summed E-state index contributed by atoms with van der Waals surface area (Å²) in [5, 5.41) is 8.20. The van der Waals surface area contributed by atoms with Crippen molar-refractivity contribution in [3.63, 3.8) is 0 Å². The molecule has 0 radical (unpaired) electrons. The number of hydrogen-bond acceptors (Lipinski definition) is 7. The summed E-state index contributed by atoms with van der Waals surface area (Å²) in [4.78, 5) is 77.4. The fourth-order valence-electron chi connectivity index (χ4n) is 5.49. The number of rotatable bonds is 11. The molecule has 14 nitrogen and oxygen atoms in total. The first-order valence-corrected chi connectivity index (χ1v) is 15.5. The maximum absolute atomic E-state index is 13.1. The number of fused-ring (bicyclic) bond motifs is 1. The number of likely N-dealkylation sites (tertiary alicyclic amines) is 1. The van der Waals surface area contributed by atoms with Gasteiger partial charge in [0, 0.05) is 66.9 Å². The average Bonchev–Trinajstić information content (AvgIpc) is 3.57. The summed E-state index contributed by atoms with van der Waals surface area (Å²) >= 11 is 0. The normalized spacial score (nSPS) is 18.4. The number of anilines is 2. The molecule has 4 rings (SSSR count). The second-order valence-electron chi connectivity index (χ2n) is 11.6. The maximum Gasteiger partial charge on any atom is 0.324 e. The zero-order chi connectivity index (χ0) is 35.0. The van der Waals surface area contributed by atoms with E-state index < -0.39 is 41.9 Å². The van der Waals surface area contributed by atoms with Gasteiger partial charge < -0.3 is 34.7 Å². The standard InChI is InChI=1S/C34H39N7O7/c1-22(42)36-24-18-27(39(4)20-24)31(44)37-25-19-28(40(5)21-25)33(46)38(3)17-13-9-12-16-35-34(47)41-30-26(32(41)45)14-10-7-6-8-11-15-29(30)48-23(2)43/h6,8,18-21,26,29-30H,9,12-14,16-17H2,1-5H3,(H,35,47)(H,36,42)(H,37,44)/b8-6-/t26-,29-,30+/m1/s1. The molecule has 0 aromatic carbocycles. The van der Waals surface area contributed by atoms with E-state index in [1.807, 2.05) is 0 Å². The van der Waals surface area contributed by atoms with Crippen LogP contribution in [0.4, 0.5) is 16.2 Å². The highest BCUT2D eigenvalue weighted by molar-refractivity contribution is 6.05. The summed E-state index contributed by atoms with van der Waals surface area (Å²) in [6.07, 6.45) is 7.59. The lowest BCUT2D eigenvalue weighted by Gasteiger charge is -2.46. The molecule has 1 aliphatic heterocycles. The number of carbonyl (C=O) groups excluding carboxylic acids is 6. The van der Waals surface area contributed by atoms with Gasteiger partial charge in [-0.25, -0.2) is 4.79 Å². The van der Waals surface area contributed by atoms with Crippen LogP contribution in [0.25, 0.3) is 0 Å².